The van der Waals surface area contributed by atoms with Crippen molar-refractivity contribution < 1.29 is 4.79 Å². The predicted molar refractivity (Wildman–Crippen MR) is 98.7 cm³/mol. The standard InChI is InChI=1S/C19H17N5O2/c1-12-21-15-8-4-5-9-17(15)24(12)11-18(25)20-10-16-13-6-2-3-7-14(13)19(26)23-22-16/h2-9H,10-11H2,1H3,(H,20,25)(H,23,26). The number of rotatable bonds is 4. The van der Waals surface area contributed by atoms with Crippen molar-refractivity contribution >= 4 is 27.7 Å². The van der Waals surface area contributed by atoms with Gasteiger partial charge in [0, 0.05) is 5.39 Å². The van der Waals surface area contributed by atoms with Crippen molar-refractivity contribution in [2.75, 3.05) is 0 Å². The largest absolute Gasteiger partial charge is 0.349 e. The normalized spacial score (nSPS) is 11.1. The smallest absolute Gasteiger partial charge is 0.272 e. The average molecular weight is 347 g/mol. The van der Waals surface area contributed by atoms with Crippen LogP contribution < -0.4 is 10.9 Å². The second kappa shape index (κ2) is 6.44. The van der Waals surface area contributed by atoms with E-state index in [4.69, 9.17) is 0 Å². The third kappa shape index (κ3) is 2.83. The molecule has 0 atom stereocenters. The van der Waals surface area contributed by atoms with Crippen LogP contribution in [0.1, 0.15) is 11.5 Å². The third-order valence-electron chi connectivity index (χ3n) is 4.38. The van der Waals surface area contributed by atoms with Gasteiger partial charge in [0.05, 0.1) is 28.7 Å². The second-order valence-corrected chi connectivity index (χ2v) is 6.06. The van der Waals surface area contributed by atoms with Crippen molar-refractivity contribution in [3.63, 3.8) is 0 Å². The molecule has 2 heterocycles. The zero-order valence-electron chi connectivity index (χ0n) is 14.2. The summed E-state index contributed by atoms with van der Waals surface area (Å²) in [5.41, 5.74) is 2.18. The molecule has 7 heteroatoms. The van der Waals surface area contributed by atoms with Crippen molar-refractivity contribution in [2.24, 2.45) is 0 Å². The summed E-state index contributed by atoms with van der Waals surface area (Å²) in [4.78, 5) is 28.7. The van der Waals surface area contributed by atoms with Crippen LogP contribution in [0.5, 0.6) is 0 Å². The van der Waals surface area contributed by atoms with Crippen molar-refractivity contribution in [1.82, 2.24) is 25.1 Å². The molecule has 0 spiro atoms. The number of imidazole rings is 1. The molecule has 26 heavy (non-hydrogen) atoms. The van der Waals surface area contributed by atoms with E-state index in [1.807, 2.05) is 47.9 Å². The summed E-state index contributed by atoms with van der Waals surface area (Å²) >= 11 is 0. The van der Waals surface area contributed by atoms with Crippen molar-refractivity contribution in [2.45, 2.75) is 20.0 Å². The summed E-state index contributed by atoms with van der Waals surface area (Å²) in [7, 11) is 0. The molecule has 0 saturated heterocycles. The molecule has 0 unspecified atom stereocenters. The molecule has 2 aromatic carbocycles. The minimum atomic E-state index is -0.240. The fraction of sp³-hybridized carbons (Fsp3) is 0.158. The number of para-hydroxylation sites is 2. The maximum atomic E-state index is 12.4. The Morgan fingerprint density at radius 2 is 1.85 bits per heavy atom. The van der Waals surface area contributed by atoms with E-state index in [2.05, 4.69) is 20.5 Å². The van der Waals surface area contributed by atoms with E-state index in [-0.39, 0.29) is 24.6 Å². The maximum Gasteiger partial charge on any atom is 0.272 e. The highest BCUT2D eigenvalue weighted by atomic mass is 16.2. The predicted octanol–water partition coefficient (Wildman–Crippen LogP) is 1.90. The molecule has 1 amide bonds. The van der Waals surface area contributed by atoms with Crippen LogP contribution in [-0.2, 0) is 17.9 Å². The Balaban J connectivity index is 1.54. The van der Waals surface area contributed by atoms with Gasteiger partial charge in [-0.05, 0) is 25.1 Å². The number of fused-ring (bicyclic) bond motifs is 2. The number of aromatic amines is 1. The number of benzene rings is 2. The summed E-state index contributed by atoms with van der Waals surface area (Å²) in [6.07, 6.45) is 0. The fourth-order valence-corrected chi connectivity index (χ4v) is 3.08. The van der Waals surface area contributed by atoms with Crippen LogP contribution in [0.3, 0.4) is 0 Å². The number of aromatic nitrogens is 4. The lowest BCUT2D eigenvalue weighted by Gasteiger charge is -2.09. The summed E-state index contributed by atoms with van der Waals surface area (Å²) in [5.74, 6) is 0.641. The quantitative estimate of drug-likeness (QED) is 0.590. The molecular weight excluding hydrogens is 330 g/mol. The van der Waals surface area contributed by atoms with Crippen LogP contribution in [0.4, 0.5) is 0 Å². The van der Waals surface area contributed by atoms with Crippen LogP contribution in [0, 0.1) is 6.92 Å². The molecule has 0 aliphatic rings. The van der Waals surface area contributed by atoms with Gasteiger partial charge in [-0.15, -0.1) is 0 Å². The lowest BCUT2D eigenvalue weighted by molar-refractivity contribution is -0.121. The highest BCUT2D eigenvalue weighted by Gasteiger charge is 2.12. The lowest BCUT2D eigenvalue weighted by Crippen LogP contribution is -2.28. The molecule has 2 N–H and O–H groups in total. The minimum Gasteiger partial charge on any atom is -0.349 e. The molecule has 7 nitrogen and oxygen atoms in total. The number of H-pyrrole nitrogens is 1. The molecule has 0 radical (unpaired) electrons. The Morgan fingerprint density at radius 3 is 2.69 bits per heavy atom. The lowest BCUT2D eigenvalue weighted by atomic mass is 10.1. The Morgan fingerprint density at radius 1 is 1.12 bits per heavy atom. The van der Waals surface area contributed by atoms with E-state index in [1.54, 1.807) is 12.1 Å². The van der Waals surface area contributed by atoms with Crippen LogP contribution in [0.15, 0.2) is 53.3 Å². The SMILES string of the molecule is Cc1nc2ccccc2n1CC(=O)NCc1n[nH]c(=O)c2ccccc12. The topological polar surface area (TPSA) is 92.7 Å². The second-order valence-electron chi connectivity index (χ2n) is 6.06. The number of aryl methyl sites for hydroxylation is 1. The van der Waals surface area contributed by atoms with Gasteiger partial charge in [-0.1, -0.05) is 30.3 Å². The van der Waals surface area contributed by atoms with E-state index < -0.39 is 0 Å². The van der Waals surface area contributed by atoms with Gasteiger partial charge in [-0.2, -0.15) is 5.10 Å². The number of hydrogen-bond acceptors (Lipinski definition) is 4. The number of carbonyl (C=O) groups excluding carboxylic acids is 1. The Kier molecular flexibility index (Phi) is 3.96. The molecule has 0 saturated carbocycles. The zero-order valence-corrected chi connectivity index (χ0v) is 14.2. The van der Waals surface area contributed by atoms with Crippen LogP contribution in [-0.4, -0.2) is 25.7 Å². The zero-order chi connectivity index (χ0) is 18.1. The first-order valence-corrected chi connectivity index (χ1v) is 8.28. The van der Waals surface area contributed by atoms with Gasteiger partial charge in [-0.25, -0.2) is 10.1 Å². The highest BCUT2D eigenvalue weighted by molar-refractivity contribution is 5.84. The fourth-order valence-electron chi connectivity index (χ4n) is 3.08. The Bertz CT molecular complexity index is 1180. The van der Waals surface area contributed by atoms with Crippen molar-refractivity contribution in [3.05, 3.63) is 70.4 Å². The first-order valence-electron chi connectivity index (χ1n) is 8.28. The number of carbonyl (C=O) groups is 1. The third-order valence-corrected chi connectivity index (χ3v) is 4.38. The molecule has 0 aliphatic carbocycles. The van der Waals surface area contributed by atoms with Crippen LogP contribution in [0.2, 0.25) is 0 Å². The number of amides is 1. The first kappa shape index (κ1) is 16.0. The van der Waals surface area contributed by atoms with Gasteiger partial charge < -0.3 is 9.88 Å². The average Bonchev–Trinajstić information content (AvgIpc) is 2.97. The van der Waals surface area contributed by atoms with E-state index >= 15 is 0 Å². The highest BCUT2D eigenvalue weighted by Crippen LogP contribution is 2.15. The summed E-state index contributed by atoms with van der Waals surface area (Å²) in [6, 6.07) is 14.9. The van der Waals surface area contributed by atoms with E-state index in [0.717, 1.165) is 22.2 Å². The summed E-state index contributed by atoms with van der Waals surface area (Å²) < 4.78 is 1.88. The molecule has 0 fully saturated rings. The van der Waals surface area contributed by atoms with E-state index in [0.29, 0.717) is 11.1 Å². The maximum absolute atomic E-state index is 12.4. The molecule has 2 aromatic heterocycles. The monoisotopic (exact) mass is 347 g/mol. The van der Waals surface area contributed by atoms with Gasteiger partial charge in [0.25, 0.3) is 5.56 Å². The summed E-state index contributed by atoms with van der Waals surface area (Å²) in [5, 5.41) is 10.7. The van der Waals surface area contributed by atoms with Crippen molar-refractivity contribution in [3.8, 4) is 0 Å². The minimum absolute atomic E-state index is 0.145. The number of hydrogen-bond donors (Lipinski definition) is 2. The number of nitrogens with zero attached hydrogens (tertiary/aromatic N) is 3. The number of nitrogens with one attached hydrogen (secondary N) is 2. The first-order chi connectivity index (χ1) is 12.6. The van der Waals surface area contributed by atoms with Gasteiger partial charge in [0.2, 0.25) is 5.91 Å². The van der Waals surface area contributed by atoms with Crippen LogP contribution in [0.25, 0.3) is 21.8 Å². The molecule has 0 aliphatic heterocycles. The molecule has 0 bridgehead atoms. The molecular formula is C19H17N5O2. The van der Waals surface area contributed by atoms with E-state index in [9.17, 15) is 9.59 Å². The summed E-state index contributed by atoms with van der Waals surface area (Å²) in [6.45, 7) is 2.29. The van der Waals surface area contributed by atoms with Gasteiger partial charge in [-0.3, -0.25) is 9.59 Å². The van der Waals surface area contributed by atoms with E-state index in [1.165, 1.54) is 0 Å². The Labute approximate surface area is 148 Å². The Hall–Kier alpha value is -3.48. The van der Waals surface area contributed by atoms with Gasteiger partial charge in [0.1, 0.15) is 12.4 Å². The van der Waals surface area contributed by atoms with Crippen LogP contribution >= 0.6 is 0 Å². The van der Waals surface area contributed by atoms with Crippen molar-refractivity contribution in [1.29, 1.82) is 0 Å². The van der Waals surface area contributed by atoms with Gasteiger partial charge >= 0.3 is 0 Å². The molecule has 4 aromatic rings. The molecule has 4 rings (SSSR count). The van der Waals surface area contributed by atoms with Gasteiger partial charge in [0.15, 0.2) is 0 Å². The molecule has 130 valence electrons.